The molecule has 6 heteroatoms. The molecule has 0 aliphatic carbocycles. The second kappa shape index (κ2) is 6.47. The Labute approximate surface area is 145 Å². The van der Waals surface area contributed by atoms with Gasteiger partial charge >= 0.3 is 0 Å². The lowest BCUT2D eigenvalue weighted by Crippen LogP contribution is -2.50. The van der Waals surface area contributed by atoms with Gasteiger partial charge in [-0.1, -0.05) is 18.2 Å². The van der Waals surface area contributed by atoms with E-state index in [-0.39, 0.29) is 18.6 Å². The molecule has 2 aromatic rings. The molecule has 1 atom stereocenters. The van der Waals surface area contributed by atoms with E-state index in [4.69, 9.17) is 9.47 Å². The first-order valence-corrected chi connectivity index (χ1v) is 8.29. The van der Waals surface area contributed by atoms with E-state index in [0.717, 1.165) is 23.3 Å². The molecule has 2 aliphatic rings. The smallest absolute Gasteiger partial charge is 0.251 e. The van der Waals surface area contributed by atoms with Gasteiger partial charge in [0, 0.05) is 12.1 Å². The Morgan fingerprint density at radius 1 is 1.08 bits per heavy atom. The Hall–Kier alpha value is -3.02. The SMILES string of the molecule is O=C(N[C@@H]1CCCNC1=O)c1cccc(-c2ccc3c(c2)OCO3)c1. The highest BCUT2D eigenvalue weighted by Crippen LogP contribution is 2.36. The number of benzene rings is 2. The van der Waals surface area contributed by atoms with Gasteiger partial charge in [0.25, 0.3) is 5.91 Å². The monoisotopic (exact) mass is 338 g/mol. The number of carbonyl (C=O) groups excluding carboxylic acids is 2. The standard InChI is InChI=1S/C19H18N2O4/c22-18(21-15-5-2-8-20-19(15)23)14-4-1-3-12(9-14)13-6-7-16-17(10-13)25-11-24-16/h1,3-4,6-7,9-10,15H,2,5,8,11H2,(H,20,23)(H,21,22)/t15-/m1/s1. The summed E-state index contributed by atoms with van der Waals surface area (Å²) < 4.78 is 10.7. The number of nitrogens with one attached hydrogen (secondary N) is 2. The Bertz CT molecular complexity index is 834. The summed E-state index contributed by atoms with van der Waals surface area (Å²) in [7, 11) is 0. The molecule has 1 saturated heterocycles. The third-order valence-electron chi connectivity index (χ3n) is 4.42. The van der Waals surface area contributed by atoms with Crippen LogP contribution in [0.25, 0.3) is 11.1 Å². The van der Waals surface area contributed by atoms with Crippen molar-refractivity contribution in [2.24, 2.45) is 0 Å². The third kappa shape index (κ3) is 3.15. The van der Waals surface area contributed by atoms with Crippen LogP contribution in [-0.4, -0.2) is 31.2 Å². The first kappa shape index (κ1) is 15.5. The first-order chi connectivity index (χ1) is 12.2. The maximum Gasteiger partial charge on any atom is 0.251 e. The van der Waals surface area contributed by atoms with Gasteiger partial charge in [-0.25, -0.2) is 0 Å². The summed E-state index contributed by atoms with van der Waals surface area (Å²) in [6.45, 7) is 0.898. The van der Waals surface area contributed by atoms with Gasteiger partial charge in [-0.2, -0.15) is 0 Å². The van der Waals surface area contributed by atoms with Crippen LogP contribution in [0.5, 0.6) is 11.5 Å². The highest BCUT2D eigenvalue weighted by molar-refractivity contribution is 5.98. The molecule has 4 rings (SSSR count). The quantitative estimate of drug-likeness (QED) is 0.898. The van der Waals surface area contributed by atoms with Crippen LogP contribution in [-0.2, 0) is 4.79 Å². The number of amides is 2. The van der Waals surface area contributed by atoms with E-state index in [9.17, 15) is 9.59 Å². The molecular formula is C19H18N2O4. The van der Waals surface area contributed by atoms with E-state index >= 15 is 0 Å². The second-order valence-corrected chi connectivity index (χ2v) is 6.11. The molecule has 0 saturated carbocycles. The summed E-state index contributed by atoms with van der Waals surface area (Å²) >= 11 is 0. The van der Waals surface area contributed by atoms with Crippen molar-refractivity contribution >= 4 is 11.8 Å². The maximum absolute atomic E-state index is 12.5. The summed E-state index contributed by atoms with van der Waals surface area (Å²) in [6.07, 6.45) is 1.54. The predicted molar refractivity (Wildman–Crippen MR) is 91.5 cm³/mol. The van der Waals surface area contributed by atoms with E-state index in [1.165, 1.54) is 0 Å². The normalized spacial score (nSPS) is 18.6. The zero-order chi connectivity index (χ0) is 17.2. The largest absolute Gasteiger partial charge is 0.454 e. The van der Waals surface area contributed by atoms with Crippen molar-refractivity contribution in [3.05, 3.63) is 48.0 Å². The van der Waals surface area contributed by atoms with Crippen LogP contribution in [0.1, 0.15) is 23.2 Å². The molecule has 2 N–H and O–H groups in total. The average Bonchev–Trinajstić information content (AvgIpc) is 3.11. The van der Waals surface area contributed by atoms with Crippen LogP contribution >= 0.6 is 0 Å². The van der Waals surface area contributed by atoms with Gasteiger partial charge in [0.15, 0.2) is 11.5 Å². The highest BCUT2D eigenvalue weighted by Gasteiger charge is 2.24. The molecule has 1 fully saturated rings. The number of hydrogen-bond donors (Lipinski definition) is 2. The number of piperidine rings is 1. The van der Waals surface area contributed by atoms with E-state index in [1.807, 2.05) is 36.4 Å². The summed E-state index contributed by atoms with van der Waals surface area (Å²) in [4.78, 5) is 24.3. The minimum absolute atomic E-state index is 0.119. The summed E-state index contributed by atoms with van der Waals surface area (Å²) in [5.74, 6) is 1.06. The maximum atomic E-state index is 12.5. The molecular weight excluding hydrogens is 320 g/mol. The fourth-order valence-electron chi connectivity index (χ4n) is 3.07. The number of carbonyl (C=O) groups is 2. The van der Waals surface area contributed by atoms with Gasteiger partial charge in [-0.3, -0.25) is 9.59 Å². The van der Waals surface area contributed by atoms with Gasteiger partial charge < -0.3 is 20.1 Å². The van der Waals surface area contributed by atoms with Crippen LogP contribution in [0.3, 0.4) is 0 Å². The van der Waals surface area contributed by atoms with Gasteiger partial charge in [-0.15, -0.1) is 0 Å². The Morgan fingerprint density at radius 3 is 2.80 bits per heavy atom. The fourth-order valence-corrected chi connectivity index (χ4v) is 3.07. The zero-order valence-electron chi connectivity index (χ0n) is 13.6. The molecule has 0 aromatic heterocycles. The zero-order valence-corrected chi connectivity index (χ0v) is 13.6. The lowest BCUT2D eigenvalue weighted by molar-refractivity contribution is -0.124. The van der Waals surface area contributed by atoms with Crippen molar-refractivity contribution in [2.75, 3.05) is 13.3 Å². The van der Waals surface area contributed by atoms with E-state index in [1.54, 1.807) is 6.07 Å². The number of fused-ring (bicyclic) bond motifs is 1. The summed E-state index contributed by atoms with van der Waals surface area (Å²) in [5.41, 5.74) is 2.36. The van der Waals surface area contributed by atoms with Gasteiger partial charge in [0.2, 0.25) is 12.7 Å². The topological polar surface area (TPSA) is 76.7 Å². The van der Waals surface area contributed by atoms with Crippen LogP contribution in [0, 0.1) is 0 Å². The van der Waals surface area contributed by atoms with Crippen molar-refractivity contribution in [3.63, 3.8) is 0 Å². The Balaban J connectivity index is 1.54. The Kier molecular flexibility index (Phi) is 4.01. The number of rotatable bonds is 3. The molecule has 0 bridgehead atoms. The van der Waals surface area contributed by atoms with Gasteiger partial charge in [0.05, 0.1) is 0 Å². The van der Waals surface area contributed by atoms with Crippen LogP contribution in [0.4, 0.5) is 0 Å². The lowest BCUT2D eigenvalue weighted by Gasteiger charge is -2.22. The van der Waals surface area contributed by atoms with E-state index in [0.29, 0.717) is 24.3 Å². The molecule has 2 aliphatic heterocycles. The number of hydrogen-bond acceptors (Lipinski definition) is 4. The molecule has 0 spiro atoms. The number of ether oxygens (including phenoxy) is 2. The van der Waals surface area contributed by atoms with Crippen LogP contribution in [0.2, 0.25) is 0 Å². The third-order valence-corrected chi connectivity index (χ3v) is 4.42. The molecule has 25 heavy (non-hydrogen) atoms. The van der Waals surface area contributed by atoms with Crippen molar-refractivity contribution < 1.29 is 19.1 Å². The minimum atomic E-state index is -0.463. The van der Waals surface area contributed by atoms with Crippen molar-refractivity contribution in [1.82, 2.24) is 10.6 Å². The first-order valence-electron chi connectivity index (χ1n) is 8.29. The summed E-state index contributed by atoms with van der Waals surface area (Å²) in [5, 5.41) is 5.58. The molecule has 2 heterocycles. The Morgan fingerprint density at radius 2 is 1.92 bits per heavy atom. The fraction of sp³-hybridized carbons (Fsp3) is 0.263. The highest BCUT2D eigenvalue weighted by atomic mass is 16.7. The minimum Gasteiger partial charge on any atom is -0.454 e. The van der Waals surface area contributed by atoms with Crippen molar-refractivity contribution in [2.45, 2.75) is 18.9 Å². The van der Waals surface area contributed by atoms with Crippen molar-refractivity contribution in [1.29, 1.82) is 0 Å². The second-order valence-electron chi connectivity index (χ2n) is 6.11. The van der Waals surface area contributed by atoms with Crippen LogP contribution in [0.15, 0.2) is 42.5 Å². The van der Waals surface area contributed by atoms with Gasteiger partial charge in [-0.05, 0) is 48.2 Å². The predicted octanol–water partition coefficient (Wildman–Crippen LogP) is 2.09. The summed E-state index contributed by atoms with van der Waals surface area (Å²) in [6, 6.07) is 12.5. The van der Waals surface area contributed by atoms with E-state index in [2.05, 4.69) is 10.6 Å². The van der Waals surface area contributed by atoms with Crippen LogP contribution < -0.4 is 20.1 Å². The molecule has 128 valence electrons. The van der Waals surface area contributed by atoms with Crippen molar-refractivity contribution in [3.8, 4) is 22.6 Å². The lowest BCUT2D eigenvalue weighted by atomic mass is 10.0. The molecule has 2 amide bonds. The van der Waals surface area contributed by atoms with E-state index < -0.39 is 6.04 Å². The molecule has 6 nitrogen and oxygen atoms in total. The molecule has 2 aromatic carbocycles. The average molecular weight is 338 g/mol. The molecule has 0 radical (unpaired) electrons. The van der Waals surface area contributed by atoms with Gasteiger partial charge in [0.1, 0.15) is 6.04 Å². The molecule has 0 unspecified atom stereocenters.